The molecule has 1 aliphatic heterocycles. The predicted molar refractivity (Wildman–Crippen MR) is 71.7 cm³/mol. The van der Waals surface area contributed by atoms with Gasteiger partial charge in [-0.2, -0.15) is 5.26 Å². The van der Waals surface area contributed by atoms with Crippen molar-refractivity contribution in [2.45, 2.75) is 32.2 Å². The molecule has 0 radical (unpaired) electrons. The van der Waals surface area contributed by atoms with E-state index in [2.05, 4.69) is 13.0 Å². The molecule has 19 heavy (non-hydrogen) atoms. The van der Waals surface area contributed by atoms with Crippen LogP contribution in [-0.4, -0.2) is 30.0 Å². The minimum atomic E-state index is 0.0227. The summed E-state index contributed by atoms with van der Waals surface area (Å²) in [7, 11) is 0. The Balaban J connectivity index is 1.91. The van der Waals surface area contributed by atoms with Crippen molar-refractivity contribution < 1.29 is 9.53 Å². The number of hydrogen-bond donors (Lipinski definition) is 0. The topological polar surface area (TPSA) is 53.3 Å². The molecule has 2 rings (SSSR count). The molecule has 4 heteroatoms. The van der Waals surface area contributed by atoms with Crippen molar-refractivity contribution in [2.24, 2.45) is 0 Å². The SMILES string of the molecule is CC1CCCCN1C(=O)COc1cccc(C#N)c1. The van der Waals surface area contributed by atoms with Crippen molar-refractivity contribution in [1.82, 2.24) is 4.90 Å². The number of carbonyl (C=O) groups excluding carboxylic acids is 1. The van der Waals surface area contributed by atoms with Gasteiger partial charge in [-0.3, -0.25) is 4.79 Å². The number of rotatable bonds is 3. The van der Waals surface area contributed by atoms with Crippen LogP contribution in [0.15, 0.2) is 24.3 Å². The van der Waals surface area contributed by atoms with E-state index >= 15 is 0 Å². The molecule has 1 fully saturated rings. The predicted octanol–water partition coefficient (Wildman–Crippen LogP) is 2.34. The van der Waals surface area contributed by atoms with Gasteiger partial charge in [0, 0.05) is 12.6 Å². The Morgan fingerprint density at radius 3 is 3.11 bits per heavy atom. The number of amides is 1. The second-order valence-electron chi connectivity index (χ2n) is 4.86. The fourth-order valence-corrected chi connectivity index (χ4v) is 2.35. The molecule has 0 spiro atoms. The van der Waals surface area contributed by atoms with Gasteiger partial charge in [0.05, 0.1) is 11.6 Å². The van der Waals surface area contributed by atoms with Crippen LogP contribution in [0.2, 0.25) is 0 Å². The summed E-state index contributed by atoms with van der Waals surface area (Å²) in [5, 5.41) is 8.80. The van der Waals surface area contributed by atoms with E-state index in [1.807, 2.05) is 4.90 Å². The molecule has 1 unspecified atom stereocenters. The molecule has 1 heterocycles. The molecule has 0 bridgehead atoms. The highest BCUT2D eigenvalue weighted by Gasteiger charge is 2.23. The van der Waals surface area contributed by atoms with Crippen LogP contribution >= 0.6 is 0 Å². The fraction of sp³-hybridized carbons (Fsp3) is 0.467. The molecule has 1 amide bonds. The normalized spacial score (nSPS) is 18.7. The maximum atomic E-state index is 12.1. The molecule has 4 nitrogen and oxygen atoms in total. The lowest BCUT2D eigenvalue weighted by Crippen LogP contribution is -2.44. The van der Waals surface area contributed by atoms with Crippen LogP contribution in [-0.2, 0) is 4.79 Å². The molecule has 0 saturated carbocycles. The molecule has 0 aromatic heterocycles. The second kappa shape index (κ2) is 6.24. The van der Waals surface area contributed by atoms with Gasteiger partial charge in [0.2, 0.25) is 0 Å². The van der Waals surface area contributed by atoms with E-state index < -0.39 is 0 Å². The minimum absolute atomic E-state index is 0.0227. The summed E-state index contributed by atoms with van der Waals surface area (Å²) < 4.78 is 5.47. The zero-order valence-electron chi connectivity index (χ0n) is 11.1. The van der Waals surface area contributed by atoms with Crippen LogP contribution in [0.1, 0.15) is 31.7 Å². The third-order valence-corrected chi connectivity index (χ3v) is 3.45. The Morgan fingerprint density at radius 1 is 1.53 bits per heavy atom. The third-order valence-electron chi connectivity index (χ3n) is 3.45. The van der Waals surface area contributed by atoms with Gasteiger partial charge in [0.25, 0.3) is 5.91 Å². The maximum Gasteiger partial charge on any atom is 0.260 e. The summed E-state index contributed by atoms with van der Waals surface area (Å²) in [6.45, 7) is 2.94. The molecule has 100 valence electrons. The van der Waals surface area contributed by atoms with Crippen molar-refractivity contribution in [3.8, 4) is 11.8 Å². The highest BCUT2D eigenvalue weighted by atomic mass is 16.5. The molecular formula is C15H18N2O2. The molecule has 1 aliphatic rings. The van der Waals surface area contributed by atoms with E-state index in [0.717, 1.165) is 19.4 Å². The van der Waals surface area contributed by atoms with E-state index in [1.54, 1.807) is 24.3 Å². The lowest BCUT2D eigenvalue weighted by molar-refractivity contribution is -0.136. The Labute approximate surface area is 113 Å². The Kier molecular flexibility index (Phi) is 4.40. The summed E-state index contributed by atoms with van der Waals surface area (Å²) in [4.78, 5) is 14.0. The van der Waals surface area contributed by atoms with Gasteiger partial charge >= 0.3 is 0 Å². The van der Waals surface area contributed by atoms with Gasteiger partial charge in [-0.1, -0.05) is 6.07 Å². The molecule has 1 aromatic rings. The lowest BCUT2D eigenvalue weighted by Gasteiger charge is -2.33. The molecule has 1 aromatic carbocycles. The molecular weight excluding hydrogens is 240 g/mol. The number of piperidine rings is 1. The van der Waals surface area contributed by atoms with E-state index in [9.17, 15) is 4.79 Å². The van der Waals surface area contributed by atoms with Crippen molar-refractivity contribution >= 4 is 5.91 Å². The van der Waals surface area contributed by atoms with Crippen LogP contribution < -0.4 is 4.74 Å². The first-order valence-electron chi connectivity index (χ1n) is 6.63. The van der Waals surface area contributed by atoms with Gasteiger partial charge in [-0.25, -0.2) is 0 Å². The number of carbonyl (C=O) groups is 1. The Hall–Kier alpha value is -2.02. The maximum absolute atomic E-state index is 12.1. The summed E-state index contributed by atoms with van der Waals surface area (Å²) in [6.07, 6.45) is 3.33. The first-order chi connectivity index (χ1) is 9.20. The summed E-state index contributed by atoms with van der Waals surface area (Å²) in [6, 6.07) is 9.22. The Morgan fingerprint density at radius 2 is 2.37 bits per heavy atom. The van der Waals surface area contributed by atoms with Gasteiger partial charge in [-0.05, 0) is 44.4 Å². The fourth-order valence-electron chi connectivity index (χ4n) is 2.35. The monoisotopic (exact) mass is 258 g/mol. The zero-order valence-corrected chi connectivity index (χ0v) is 11.1. The van der Waals surface area contributed by atoms with Crippen LogP contribution in [0.4, 0.5) is 0 Å². The molecule has 1 atom stereocenters. The Bertz CT molecular complexity index is 493. The van der Waals surface area contributed by atoms with E-state index in [-0.39, 0.29) is 12.5 Å². The van der Waals surface area contributed by atoms with Crippen LogP contribution in [0.25, 0.3) is 0 Å². The summed E-state index contributed by atoms with van der Waals surface area (Å²) in [5.74, 6) is 0.589. The van der Waals surface area contributed by atoms with E-state index in [0.29, 0.717) is 17.4 Å². The number of benzene rings is 1. The zero-order chi connectivity index (χ0) is 13.7. The molecule has 0 aliphatic carbocycles. The number of nitriles is 1. The van der Waals surface area contributed by atoms with Crippen molar-refractivity contribution in [3.63, 3.8) is 0 Å². The average molecular weight is 258 g/mol. The number of hydrogen-bond acceptors (Lipinski definition) is 3. The quantitative estimate of drug-likeness (QED) is 0.836. The average Bonchev–Trinajstić information content (AvgIpc) is 2.45. The summed E-state index contributed by atoms with van der Waals surface area (Å²) in [5.41, 5.74) is 0.538. The standard InChI is InChI=1S/C15H18N2O2/c1-12-5-2-3-8-17(12)15(18)11-19-14-7-4-6-13(9-14)10-16/h4,6-7,9,12H,2-3,5,8,11H2,1H3. The smallest absolute Gasteiger partial charge is 0.260 e. The first kappa shape index (κ1) is 13.4. The van der Waals surface area contributed by atoms with Gasteiger partial charge in [0.1, 0.15) is 5.75 Å². The van der Waals surface area contributed by atoms with Crippen LogP contribution in [0, 0.1) is 11.3 Å². The van der Waals surface area contributed by atoms with Crippen molar-refractivity contribution in [1.29, 1.82) is 5.26 Å². The first-order valence-corrected chi connectivity index (χ1v) is 6.63. The minimum Gasteiger partial charge on any atom is -0.484 e. The van der Waals surface area contributed by atoms with E-state index in [1.165, 1.54) is 6.42 Å². The van der Waals surface area contributed by atoms with Gasteiger partial charge < -0.3 is 9.64 Å². The highest BCUT2D eigenvalue weighted by molar-refractivity contribution is 5.78. The lowest BCUT2D eigenvalue weighted by atomic mass is 10.0. The number of nitrogens with zero attached hydrogens (tertiary/aromatic N) is 2. The van der Waals surface area contributed by atoms with Crippen LogP contribution in [0.5, 0.6) is 5.75 Å². The third kappa shape index (κ3) is 3.47. The number of likely N-dealkylation sites (tertiary alicyclic amines) is 1. The highest BCUT2D eigenvalue weighted by Crippen LogP contribution is 2.17. The van der Waals surface area contributed by atoms with E-state index in [4.69, 9.17) is 10.00 Å². The summed E-state index contributed by atoms with van der Waals surface area (Å²) >= 11 is 0. The van der Waals surface area contributed by atoms with Gasteiger partial charge in [-0.15, -0.1) is 0 Å². The second-order valence-corrected chi connectivity index (χ2v) is 4.86. The van der Waals surface area contributed by atoms with Crippen molar-refractivity contribution in [3.05, 3.63) is 29.8 Å². The van der Waals surface area contributed by atoms with Crippen LogP contribution in [0.3, 0.4) is 0 Å². The molecule has 0 N–H and O–H groups in total. The molecule has 1 saturated heterocycles. The van der Waals surface area contributed by atoms with Gasteiger partial charge in [0.15, 0.2) is 6.61 Å². The number of ether oxygens (including phenoxy) is 1. The van der Waals surface area contributed by atoms with Crippen molar-refractivity contribution in [2.75, 3.05) is 13.2 Å². The largest absolute Gasteiger partial charge is 0.484 e.